The molecule has 0 aromatic heterocycles. The minimum Gasteiger partial charge on any atom is -0.373 e. The molecule has 144 valence electrons. The molecule has 2 aliphatic heterocycles. The van der Waals surface area contributed by atoms with Crippen LogP contribution >= 0.6 is 0 Å². The van der Waals surface area contributed by atoms with Gasteiger partial charge in [-0.05, 0) is 44.6 Å². The van der Waals surface area contributed by atoms with Crippen LogP contribution < -0.4 is 5.73 Å². The van der Waals surface area contributed by atoms with Gasteiger partial charge in [0.05, 0.1) is 18.2 Å². The van der Waals surface area contributed by atoms with Crippen LogP contribution in [-0.2, 0) is 16.0 Å². The van der Waals surface area contributed by atoms with E-state index in [0.717, 1.165) is 51.1 Å². The van der Waals surface area contributed by atoms with Crippen molar-refractivity contribution in [3.8, 4) is 0 Å². The Morgan fingerprint density at radius 1 is 1.15 bits per heavy atom. The molecule has 26 heavy (non-hydrogen) atoms. The van der Waals surface area contributed by atoms with E-state index in [-0.39, 0.29) is 5.91 Å². The first kappa shape index (κ1) is 19.3. The number of piperidine rings is 1. The van der Waals surface area contributed by atoms with Crippen molar-refractivity contribution >= 4 is 5.91 Å². The predicted octanol–water partition coefficient (Wildman–Crippen LogP) is 1.90. The van der Waals surface area contributed by atoms with Crippen LogP contribution in [0.3, 0.4) is 0 Å². The number of carbonyl (C=O) groups excluding carboxylic acids is 1. The van der Waals surface area contributed by atoms with Crippen LogP contribution in [0.15, 0.2) is 30.3 Å². The topological polar surface area (TPSA) is 58.8 Å². The van der Waals surface area contributed by atoms with Crippen LogP contribution in [0.5, 0.6) is 0 Å². The number of ether oxygens (including phenoxy) is 1. The Labute approximate surface area is 157 Å². The van der Waals surface area contributed by atoms with E-state index >= 15 is 0 Å². The number of nitrogens with zero attached hydrogens (tertiary/aromatic N) is 2. The van der Waals surface area contributed by atoms with E-state index in [4.69, 9.17) is 10.5 Å². The molecule has 0 radical (unpaired) electrons. The van der Waals surface area contributed by atoms with Gasteiger partial charge in [0.15, 0.2) is 0 Å². The number of carbonyl (C=O) groups is 1. The average Bonchev–Trinajstić information content (AvgIpc) is 2.62. The lowest BCUT2D eigenvalue weighted by molar-refractivity contribution is -0.134. The molecule has 5 heteroatoms. The summed E-state index contributed by atoms with van der Waals surface area (Å²) in [7, 11) is 0. The molecule has 2 aliphatic rings. The smallest absolute Gasteiger partial charge is 0.239 e. The zero-order valence-electron chi connectivity index (χ0n) is 16.1. The molecule has 1 amide bonds. The largest absolute Gasteiger partial charge is 0.373 e. The highest BCUT2D eigenvalue weighted by Gasteiger charge is 2.29. The molecule has 0 aliphatic carbocycles. The second-order valence-corrected chi connectivity index (χ2v) is 8.04. The molecular formula is C21H33N3O2. The van der Waals surface area contributed by atoms with Gasteiger partial charge in [-0.1, -0.05) is 30.3 Å². The molecule has 5 nitrogen and oxygen atoms in total. The molecule has 2 N–H and O–H groups in total. The molecule has 2 fully saturated rings. The van der Waals surface area contributed by atoms with Crippen LogP contribution in [-0.4, -0.2) is 66.7 Å². The SMILES string of the molecule is CC1CN(CC2CCN(C(=O)C(N)Cc3ccccc3)CC2)CC(C)O1. The first-order valence-corrected chi connectivity index (χ1v) is 9.97. The van der Waals surface area contributed by atoms with Crippen LogP contribution in [0.1, 0.15) is 32.3 Å². The quantitative estimate of drug-likeness (QED) is 0.872. The molecule has 0 saturated carbocycles. The van der Waals surface area contributed by atoms with Gasteiger partial charge in [-0.25, -0.2) is 0 Å². The first-order valence-electron chi connectivity index (χ1n) is 9.97. The average molecular weight is 360 g/mol. The highest BCUT2D eigenvalue weighted by molar-refractivity contribution is 5.82. The number of benzene rings is 1. The summed E-state index contributed by atoms with van der Waals surface area (Å²) in [5.41, 5.74) is 7.31. The lowest BCUT2D eigenvalue weighted by atomic mass is 9.94. The molecule has 3 unspecified atom stereocenters. The lowest BCUT2D eigenvalue weighted by Crippen LogP contribution is -2.51. The number of hydrogen-bond donors (Lipinski definition) is 1. The third-order valence-electron chi connectivity index (χ3n) is 5.55. The fourth-order valence-corrected chi connectivity index (χ4v) is 4.32. The van der Waals surface area contributed by atoms with Crippen LogP contribution in [0.4, 0.5) is 0 Å². The molecule has 0 spiro atoms. The zero-order chi connectivity index (χ0) is 18.5. The lowest BCUT2D eigenvalue weighted by Gasteiger charge is -2.39. The summed E-state index contributed by atoms with van der Waals surface area (Å²) in [5, 5.41) is 0. The summed E-state index contributed by atoms with van der Waals surface area (Å²) >= 11 is 0. The Hall–Kier alpha value is -1.43. The third kappa shape index (κ3) is 5.29. The van der Waals surface area contributed by atoms with Gasteiger partial charge in [0.2, 0.25) is 5.91 Å². The Morgan fingerprint density at radius 3 is 2.38 bits per heavy atom. The van der Waals surface area contributed by atoms with Gasteiger partial charge in [0, 0.05) is 32.7 Å². The standard InChI is InChI=1S/C21H33N3O2/c1-16-13-23(14-17(2)26-16)15-19-8-10-24(11-9-19)21(25)20(22)12-18-6-4-3-5-7-18/h3-7,16-17,19-20H,8-15,22H2,1-2H3. The maximum absolute atomic E-state index is 12.7. The summed E-state index contributed by atoms with van der Waals surface area (Å²) in [6, 6.07) is 9.59. The minimum atomic E-state index is -0.435. The predicted molar refractivity (Wildman–Crippen MR) is 104 cm³/mol. The van der Waals surface area contributed by atoms with Gasteiger partial charge < -0.3 is 15.4 Å². The van der Waals surface area contributed by atoms with Crippen LogP contribution in [0.25, 0.3) is 0 Å². The Morgan fingerprint density at radius 2 is 1.77 bits per heavy atom. The summed E-state index contributed by atoms with van der Waals surface area (Å²) in [6.07, 6.45) is 3.39. The van der Waals surface area contributed by atoms with E-state index in [1.54, 1.807) is 0 Å². The van der Waals surface area contributed by atoms with Crippen molar-refractivity contribution < 1.29 is 9.53 Å². The van der Waals surface area contributed by atoms with Gasteiger partial charge in [-0.2, -0.15) is 0 Å². The summed E-state index contributed by atoms with van der Waals surface area (Å²) in [4.78, 5) is 17.2. The highest BCUT2D eigenvalue weighted by Crippen LogP contribution is 2.21. The van der Waals surface area contributed by atoms with E-state index in [0.29, 0.717) is 24.5 Å². The van der Waals surface area contributed by atoms with Crippen molar-refractivity contribution in [2.24, 2.45) is 11.7 Å². The third-order valence-corrected chi connectivity index (χ3v) is 5.55. The van der Waals surface area contributed by atoms with E-state index in [2.05, 4.69) is 18.7 Å². The van der Waals surface area contributed by atoms with Gasteiger partial charge in [-0.3, -0.25) is 9.69 Å². The monoisotopic (exact) mass is 359 g/mol. The van der Waals surface area contributed by atoms with E-state index in [1.165, 1.54) is 0 Å². The van der Waals surface area contributed by atoms with E-state index in [9.17, 15) is 4.79 Å². The van der Waals surface area contributed by atoms with Crippen molar-refractivity contribution in [3.05, 3.63) is 35.9 Å². The number of morpholine rings is 1. The molecule has 2 heterocycles. The van der Waals surface area contributed by atoms with Gasteiger partial charge in [0.25, 0.3) is 0 Å². The second kappa shape index (κ2) is 8.98. The van der Waals surface area contributed by atoms with Crippen LogP contribution in [0, 0.1) is 5.92 Å². The fourth-order valence-electron chi connectivity index (χ4n) is 4.32. The number of hydrogen-bond acceptors (Lipinski definition) is 4. The number of rotatable bonds is 5. The summed E-state index contributed by atoms with van der Waals surface area (Å²) in [5.74, 6) is 0.766. The van der Waals surface area contributed by atoms with Gasteiger partial charge in [-0.15, -0.1) is 0 Å². The van der Waals surface area contributed by atoms with E-state index in [1.807, 2.05) is 35.2 Å². The van der Waals surface area contributed by atoms with Crippen molar-refractivity contribution in [2.75, 3.05) is 32.7 Å². The molecule has 1 aromatic rings. The molecule has 3 rings (SSSR count). The zero-order valence-corrected chi connectivity index (χ0v) is 16.1. The van der Waals surface area contributed by atoms with Crippen LogP contribution in [0.2, 0.25) is 0 Å². The highest BCUT2D eigenvalue weighted by atomic mass is 16.5. The molecule has 3 atom stereocenters. The molecule has 2 saturated heterocycles. The minimum absolute atomic E-state index is 0.0981. The van der Waals surface area contributed by atoms with Crippen molar-refractivity contribution in [1.82, 2.24) is 9.80 Å². The van der Waals surface area contributed by atoms with Crippen molar-refractivity contribution in [2.45, 2.75) is 51.4 Å². The summed E-state index contributed by atoms with van der Waals surface area (Å²) in [6.45, 7) is 9.13. The van der Waals surface area contributed by atoms with Crippen molar-refractivity contribution in [3.63, 3.8) is 0 Å². The van der Waals surface area contributed by atoms with E-state index < -0.39 is 6.04 Å². The van der Waals surface area contributed by atoms with Crippen molar-refractivity contribution in [1.29, 1.82) is 0 Å². The second-order valence-electron chi connectivity index (χ2n) is 8.04. The van der Waals surface area contributed by atoms with Gasteiger partial charge in [0.1, 0.15) is 0 Å². The normalized spacial score (nSPS) is 26.7. The molecular weight excluding hydrogens is 326 g/mol. The Kier molecular flexibility index (Phi) is 6.68. The number of nitrogens with two attached hydrogens (primary N) is 1. The Bertz CT molecular complexity index is 562. The summed E-state index contributed by atoms with van der Waals surface area (Å²) < 4.78 is 5.82. The maximum atomic E-state index is 12.7. The molecule has 1 aromatic carbocycles. The molecule has 0 bridgehead atoms. The number of likely N-dealkylation sites (tertiary alicyclic amines) is 1. The maximum Gasteiger partial charge on any atom is 0.239 e. The Balaban J connectivity index is 1.43. The number of amides is 1. The fraction of sp³-hybridized carbons (Fsp3) is 0.667. The first-order chi connectivity index (χ1) is 12.5. The van der Waals surface area contributed by atoms with Gasteiger partial charge >= 0.3 is 0 Å².